The van der Waals surface area contributed by atoms with E-state index >= 15 is 0 Å². The van der Waals surface area contributed by atoms with Crippen LogP contribution in [0.25, 0.3) is 0 Å². The van der Waals surface area contributed by atoms with Crippen molar-refractivity contribution >= 4 is 5.69 Å². The summed E-state index contributed by atoms with van der Waals surface area (Å²) in [5.74, 6) is 1.67. The van der Waals surface area contributed by atoms with Crippen molar-refractivity contribution in [3.05, 3.63) is 24.5 Å². The third kappa shape index (κ3) is 3.69. The predicted molar refractivity (Wildman–Crippen MR) is 94.7 cm³/mol. The van der Waals surface area contributed by atoms with E-state index in [1.807, 2.05) is 12.4 Å². The Labute approximate surface area is 140 Å². The number of nitrogens with one attached hydrogen (secondary N) is 1. The van der Waals surface area contributed by atoms with Crippen LogP contribution in [0.4, 0.5) is 5.69 Å². The Bertz CT molecular complexity index is 469. The summed E-state index contributed by atoms with van der Waals surface area (Å²) in [6, 6.07) is 5.10. The van der Waals surface area contributed by atoms with E-state index in [9.17, 15) is 0 Å². The number of likely N-dealkylation sites (tertiary alicyclic amines) is 1. The van der Waals surface area contributed by atoms with E-state index in [1.165, 1.54) is 77.1 Å². The lowest BCUT2D eigenvalue weighted by Gasteiger charge is -2.49. The van der Waals surface area contributed by atoms with Crippen LogP contribution in [-0.2, 0) is 0 Å². The van der Waals surface area contributed by atoms with Gasteiger partial charge in [0, 0.05) is 38.4 Å². The molecule has 4 heteroatoms. The fraction of sp³-hybridized carbons (Fsp3) is 0.737. The maximum absolute atomic E-state index is 4.30. The summed E-state index contributed by atoms with van der Waals surface area (Å²) in [5.41, 5.74) is 1.31. The van der Waals surface area contributed by atoms with E-state index in [2.05, 4.69) is 32.2 Å². The molecule has 4 rings (SSSR count). The quantitative estimate of drug-likeness (QED) is 0.908. The van der Waals surface area contributed by atoms with Gasteiger partial charge in [0.25, 0.3) is 0 Å². The summed E-state index contributed by atoms with van der Waals surface area (Å²) in [6.45, 7) is 7.46. The van der Waals surface area contributed by atoms with Gasteiger partial charge < -0.3 is 10.2 Å². The maximum Gasteiger partial charge on any atom is 0.0552 e. The van der Waals surface area contributed by atoms with Crippen LogP contribution in [-0.4, -0.2) is 55.2 Å². The van der Waals surface area contributed by atoms with Crippen LogP contribution >= 0.6 is 0 Å². The molecule has 3 aliphatic heterocycles. The first-order chi connectivity index (χ1) is 11.4. The minimum Gasteiger partial charge on any atom is -0.370 e. The van der Waals surface area contributed by atoms with Crippen molar-refractivity contribution in [1.29, 1.82) is 0 Å². The van der Waals surface area contributed by atoms with Crippen LogP contribution in [0.2, 0.25) is 0 Å². The van der Waals surface area contributed by atoms with Crippen molar-refractivity contribution < 1.29 is 0 Å². The van der Waals surface area contributed by atoms with E-state index in [1.54, 1.807) is 0 Å². The standard InChI is InChI=1S/C19H30N4/c1-2-7-20-9-6-18(4-1)22-12-16-10-17(13-22)15-23(14-16)19-5-3-8-21-11-19/h3,5,8,11,16-18,20H,1-2,4,6-7,9-10,12-15H2. The van der Waals surface area contributed by atoms with Crippen LogP contribution < -0.4 is 10.2 Å². The van der Waals surface area contributed by atoms with Crippen molar-refractivity contribution in [3.63, 3.8) is 0 Å². The molecule has 0 aliphatic carbocycles. The van der Waals surface area contributed by atoms with E-state index in [0.717, 1.165) is 17.9 Å². The second kappa shape index (κ2) is 7.18. The molecule has 3 unspecified atom stereocenters. The molecule has 2 bridgehead atoms. The molecule has 0 spiro atoms. The van der Waals surface area contributed by atoms with E-state index in [4.69, 9.17) is 0 Å². The summed E-state index contributed by atoms with van der Waals surface area (Å²) >= 11 is 0. The Morgan fingerprint density at radius 3 is 2.65 bits per heavy atom. The van der Waals surface area contributed by atoms with Gasteiger partial charge in [-0.1, -0.05) is 6.42 Å². The molecule has 1 N–H and O–H groups in total. The van der Waals surface area contributed by atoms with Gasteiger partial charge in [0.05, 0.1) is 11.9 Å². The van der Waals surface area contributed by atoms with E-state index < -0.39 is 0 Å². The SMILES string of the molecule is c1cncc(N2CC3CC(C2)CN(C2CCCCNCC2)C3)c1. The topological polar surface area (TPSA) is 31.4 Å². The molecule has 3 fully saturated rings. The Morgan fingerprint density at radius 2 is 1.87 bits per heavy atom. The number of aromatic nitrogens is 1. The molecular formula is C19H30N4. The Morgan fingerprint density at radius 1 is 1.00 bits per heavy atom. The predicted octanol–water partition coefficient (Wildman–Crippen LogP) is 2.37. The molecule has 23 heavy (non-hydrogen) atoms. The average Bonchev–Trinajstić information content (AvgIpc) is 2.54. The second-order valence-corrected chi connectivity index (χ2v) is 7.73. The molecule has 1 aromatic rings. The molecule has 0 radical (unpaired) electrons. The zero-order valence-corrected chi connectivity index (χ0v) is 14.2. The third-order valence-electron chi connectivity index (χ3n) is 5.93. The Hall–Kier alpha value is -1.13. The number of nitrogens with zero attached hydrogens (tertiary/aromatic N) is 3. The Balaban J connectivity index is 1.39. The number of fused-ring (bicyclic) bond motifs is 2. The first-order valence-electron chi connectivity index (χ1n) is 9.48. The monoisotopic (exact) mass is 314 g/mol. The zero-order valence-electron chi connectivity index (χ0n) is 14.2. The molecule has 4 nitrogen and oxygen atoms in total. The maximum atomic E-state index is 4.30. The van der Waals surface area contributed by atoms with Gasteiger partial charge in [-0.2, -0.15) is 0 Å². The van der Waals surface area contributed by atoms with Crippen LogP contribution in [0.15, 0.2) is 24.5 Å². The zero-order chi connectivity index (χ0) is 15.5. The average molecular weight is 314 g/mol. The highest BCUT2D eigenvalue weighted by atomic mass is 15.2. The Kier molecular flexibility index (Phi) is 4.81. The molecule has 3 atom stereocenters. The van der Waals surface area contributed by atoms with Crippen molar-refractivity contribution in [2.75, 3.05) is 44.2 Å². The first-order valence-corrected chi connectivity index (χ1v) is 9.48. The number of rotatable bonds is 2. The highest BCUT2D eigenvalue weighted by molar-refractivity contribution is 5.44. The first kappa shape index (κ1) is 15.4. The van der Waals surface area contributed by atoms with Gasteiger partial charge in [0.2, 0.25) is 0 Å². The molecule has 3 aliphatic rings. The summed E-state index contributed by atoms with van der Waals surface area (Å²) in [6.07, 6.45) is 10.8. The van der Waals surface area contributed by atoms with Crippen molar-refractivity contribution in [2.24, 2.45) is 11.8 Å². The molecule has 0 aromatic carbocycles. The largest absolute Gasteiger partial charge is 0.370 e. The van der Waals surface area contributed by atoms with Gasteiger partial charge >= 0.3 is 0 Å². The number of piperidine rings is 2. The van der Waals surface area contributed by atoms with Crippen molar-refractivity contribution in [2.45, 2.75) is 38.1 Å². The van der Waals surface area contributed by atoms with E-state index in [0.29, 0.717) is 0 Å². The van der Waals surface area contributed by atoms with Crippen LogP contribution in [0.1, 0.15) is 32.1 Å². The lowest BCUT2D eigenvalue weighted by atomic mass is 9.83. The van der Waals surface area contributed by atoms with Gasteiger partial charge in [-0.05, 0) is 62.7 Å². The van der Waals surface area contributed by atoms with Gasteiger partial charge in [0.1, 0.15) is 0 Å². The van der Waals surface area contributed by atoms with Crippen molar-refractivity contribution in [1.82, 2.24) is 15.2 Å². The fourth-order valence-electron chi connectivity index (χ4n) is 4.90. The molecule has 0 saturated carbocycles. The number of pyridine rings is 1. The second-order valence-electron chi connectivity index (χ2n) is 7.73. The summed E-state index contributed by atoms with van der Waals surface area (Å²) in [5, 5.41) is 3.59. The molecule has 4 heterocycles. The molecule has 126 valence electrons. The molecule has 1 aromatic heterocycles. The number of anilines is 1. The van der Waals surface area contributed by atoms with Gasteiger partial charge in [-0.15, -0.1) is 0 Å². The number of hydrogen-bond donors (Lipinski definition) is 1. The summed E-state index contributed by atoms with van der Waals surface area (Å²) in [7, 11) is 0. The van der Waals surface area contributed by atoms with Crippen LogP contribution in [0.5, 0.6) is 0 Å². The smallest absolute Gasteiger partial charge is 0.0552 e. The highest BCUT2D eigenvalue weighted by Crippen LogP contribution is 2.33. The number of hydrogen-bond acceptors (Lipinski definition) is 4. The van der Waals surface area contributed by atoms with Crippen LogP contribution in [0.3, 0.4) is 0 Å². The third-order valence-corrected chi connectivity index (χ3v) is 5.93. The molecular weight excluding hydrogens is 284 g/mol. The summed E-state index contributed by atoms with van der Waals surface area (Å²) < 4.78 is 0. The molecule has 0 amide bonds. The van der Waals surface area contributed by atoms with Crippen LogP contribution in [0, 0.1) is 11.8 Å². The highest BCUT2D eigenvalue weighted by Gasteiger charge is 2.36. The minimum absolute atomic E-state index is 0.818. The lowest BCUT2D eigenvalue weighted by Crippen LogP contribution is -2.55. The van der Waals surface area contributed by atoms with Gasteiger partial charge in [0.15, 0.2) is 0 Å². The minimum atomic E-state index is 0.818. The molecule has 3 saturated heterocycles. The fourth-order valence-corrected chi connectivity index (χ4v) is 4.90. The normalized spacial score (nSPS) is 33.0. The van der Waals surface area contributed by atoms with Gasteiger partial charge in [-0.3, -0.25) is 9.88 Å². The lowest BCUT2D eigenvalue weighted by molar-refractivity contribution is 0.0613. The van der Waals surface area contributed by atoms with Gasteiger partial charge in [-0.25, -0.2) is 0 Å². The van der Waals surface area contributed by atoms with Crippen molar-refractivity contribution in [3.8, 4) is 0 Å². The summed E-state index contributed by atoms with van der Waals surface area (Å²) in [4.78, 5) is 9.71. The van der Waals surface area contributed by atoms with E-state index in [-0.39, 0.29) is 0 Å².